The van der Waals surface area contributed by atoms with Crippen LogP contribution < -0.4 is 20.3 Å². The Balaban J connectivity index is 0.00000363. The lowest BCUT2D eigenvalue weighted by atomic mass is 10.2. The van der Waals surface area contributed by atoms with E-state index in [0.29, 0.717) is 17.0 Å². The van der Waals surface area contributed by atoms with Gasteiger partial charge in [-0.15, -0.1) is 12.4 Å². The Morgan fingerprint density at radius 1 is 1.19 bits per heavy atom. The molecule has 174 valence electrons. The summed E-state index contributed by atoms with van der Waals surface area (Å²) in [5.41, 5.74) is 1.74. The second-order valence-corrected chi connectivity index (χ2v) is 9.54. The van der Waals surface area contributed by atoms with Gasteiger partial charge >= 0.3 is 0 Å². The van der Waals surface area contributed by atoms with Crippen molar-refractivity contribution in [2.24, 2.45) is 0 Å². The third-order valence-corrected chi connectivity index (χ3v) is 6.79. The fourth-order valence-corrected chi connectivity index (χ4v) is 4.91. The number of likely N-dealkylation sites (N-methyl/N-ethyl adjacent to an activating group) is 2. The van der Waals surface area contributed by atoms with Gasteiger partial charge in [0.15, 0.2) is 10.3 Å². The van der Waals surface area contributed by atoms with Crippen molar-refractivity contribution in [3.63, 3.8) is 0 Å². The molecule has 0 saturated heterocycles. The van der Waals surface area contributed by atoms with Crippen LogP contribution >= 0.6 is 35.3 Å². The fraction of sp³-hybridized carbons (Fsp3) is 0.211. The van der Waals surface area contributed by atoms with E-state index in [1.165, 1.54) is 0 Å². The second kappa shape index (κ2) is 11.1. The maximum Gasteiger partial charge on any atom is 0.266 e. The summed E-state index contributed by atoms with van der Waals surface area (Å²) in [6.45, 7) is 1.50. The largest absolute Gasteiger partial charge is 0.372 e. The highest BCUT2D eigenvalue weighted by Gasteiger charge is 2.23. The Labute approximate surface area is 200 Å². The van der Waals surface area contributed by atoms with Gasteiger partial charge in [0.25, 0.3) is 10.0 Å². The van der Waals surface area contributed by atoms with Gasteiger partial charge in [0.1, 0.15) is 10.7 Å². The summed E-state index contributed by atoms with van der Waals surface area (Å²) in [6, 6.07) is 9.41. The molecule has 13 heteroatoms. The minimum absolute atomic E-state index is 0. The number of para-hydroxylation sites is 2. The molecule has 0 amide bonds. The Bertz CT molecular complexity index is 1180. The highest BCUT2D eigenvalue weighted by atomic mass is 35.5. The van der Waals surface area contributed by atoms with Crippen molar-refractivity contribution in [1.82, 2.24) is 10.3 Å². The number of hydrogen-bond acceptors (Lipinski definition) is 7. The summed E-state index contributed by atoms with van der Waals surface area (Å²) in [7, 11) is -0.569. The van der Waals surface area contributed by atoms with Crippen molar-refractivity contribution in [1.29, 1.82) is 0 Å². The van der Waals surface area contributed by atoms with E-state index in [2.05, 4.69) is 15.6 Å². The number of aromatic nitrogens is 1. The van der Waals surface area contributed by atoms with Gasteiger partial charge in [-0.25, -0.2) is 17.8 Å². The van der Waals surface area contributed by atoms with Gasteiger partial charge in [-0.1, -0.05) is 35.1 Å². The third-order valence-electron chi connectivity index (χ3n) is 4.29. The van der Waals surface area contributed by atoms with E-state index in [4.69, 9.17) is 11.6 Å². The van der Waals surface area contributed by atoms with Crippen molar-refractivity contribution < 1.29 is 17.2 Å². The van der Waals surface area contributed by atoms with Gasteiger partial charge in [0, 0.05) is 26.2 Å². The van der Waals surface area contributed by atoms with Gasteiger partial charge in [-0.05, 0) is 25.2 Å². The highest BCUT2D eigenvalue weighted by Crippen LogP contribution is 2.34. The molecule has 0 bridgehead atoms. The lowest BCUT2D eigenvalue weighted by Crippen LogP contribution is -2.27. The van der Waals surface area contributed by atoms with Crippen LogP contribution in [0.5, 0.6) is 0 Å². The summed E-state index contributed by atoms with van der Waals surface area (Å²) < 4.78 is 54.9. The van der Waals surface area contributed by atoms with E-state index >= 15 is 0 Å². The van der Waals surface area contributed by atoms with Gasteiger partial charge in [-0.3, -0.25) is 4.72 Å². The highest BCUT2D eigenvalue weighted by molar-refractivity contribution is 7.93. The first-order valence-corrected chi connectivity index (χ1v) is 11.7. The zero-order valence-corrected chi connectivity index (χ0v) is 20.2. The van der Waals surface area contributed by atoms with Crippen LogP contribution in [0.2, 0.25) is 5.02 Å². The van der Waals surface area contributed by atoms with E-state index < -0.39 is 25.9 Å². The molecule has 2 aromatic carbocycles. The molecule has 3 aromatic rings. The Kier molecular flexibility index (Phi) is 9.05. The smallest absolute Gasteiger partial charge is 0.266 e. The number of hydrogen-bond donors (Lipinski definition) is 3. The van der Waals surface area contributed by atoms with E-state index in [0.717, 1.165) is 37.1 Å². The van der Waals surface area contributed by atoms with E-state index in [-0.39, 0.29) is 28.2 Å². The van der Waals surface area contributed by atoms with Crippen molar-refractivity contribution in [3.8, 4) is 0 Å². The number of sulfonamides is 1. The number of rotatable bonds is 9. The van der Waals surface area contributed by atoms with E-state index in [9.17, 15) is 17.2 Å². The Morgan fingerprint density at radius 3 is 2.56 bits per heavy atom. The molecule has 0 fully saturated rings. The van der Waals surface area contributed by atoms with Crippen LogP contribution in [0.1, 0.15) is 0 Å². The van der Waals surface area contributed by atoms with Crippen molar-refractivity contribution in [2.75, 3.05) is 42.1 Å². The predicted molar refractivity (Wildman–Crippen MR) is 128 cm³/mol. The van der Waals surface area contributed by atoms with Crippen LogP contribution in [-0.2, 0) is 10.0 Å². The van der Waals surface area contributed by atoms with Gasteiger partial charge < -0.3 is 15.5 Å². The third kappa shape index (κ3) is 6.20. The molecular weight excluding hydrogens is 503 g/mol. The minimum Gasteiger partial charge on any atom is -0.372 e. The number of thiazole rings is 1. The predicted octanol–water partition coefficient (Wildman–Crippen LogP) is 4.70. The topological polar surface area (TPSA) is 86.4 Å². The van der Waals surface area contributed by atoms with Crippen LogP contribution in [0.4, 0.5) is 31.0 Å². The van der Waals surface area contributed by atoms with E-state index in [1.807, 2.05) is 48.0 Å². The lowest BCUT2D eigenvalue weighted by Gasteiger charge is -2.23. The van der Waals surface area contributed by atoms with Gasteiger partial charge in [0.2, 0.25) is 0 Å². The minimum atomic E-state index is -4.35. The molecule has 0 unspecified atom stereocenters. The van der Waals surface area contributed by atoms with Gasteiger partial charge in [0.05, 0.1) is 28.3 Å². The van der Waals surface area contributed by atoms with Crippen LogP contribution in [0.25, 0.3) is 0 Å². The molecule has 0 aliphatic heterocycles. The molecule has 0 radical (unpaired) electrons. The summed E-state index contributed by atoms with van der Waals surface area (Å²) in [4.78, 5) is 4.92. The van der Waals surface area contributed by atoms with Crippen molar-refractivity contribution >= 4 is 67.6 Å². The molecule has 0 saturated carbocycles. The molecule has 0 spiro atoms. The molecule has 1 aromatic heterocycles. The number of nitrogens with zero attached hydrogens (tertiary/aromatic N) is 2. The van der Waals surface area contributed by atoms with E-state index in [1.54, 1.807) is 0 Å². The summed E-state index contributed by atoms with van der Waals surface area (Å²) in [5.74, 6) is -1.02. The molecule has 3 N–H and O–H groups in total. The molecule has 3 rings (SSSR count). The summed E-state index contributed by atoms with van der Waals surface area (Å²) in [5, 5.41) is 5.25. The molecule has 0 aliphatic rings. The lowest BCUT2D eigenvalue weighted by molar-refractivity contribution is 0.570. The van der Waals surface area contributed by atoms with Crippen LogP contribution in [-0.4, -0.2) is 40.6 Å². The number of anilines is 4. The van der Waals surface area contributed by atoms with Crippen molar-refractivity contribution in [2.45, 2.75) is 4.90 Å². The standard InChI is InChI=1S/C19H20ClF2N5O2S2.ClH/c1-23-7-8-27(2)16-6-4-3-5-14(16)25-15-10-13(21)17(9-12(15)20)31(28,29)26-19-24-11-18(22)30-19;/h3-6,9-11,23,25H,7-8H2,1-2H3,(H,24,26);1H. The first kappa shape index (κ1) is 26.1. The number of nitrogens with one attached hydrogen (secondary N) is 3. The fourth-order valence-electron chi connectivity index (χ4n) is 2.76. The maximum absolute atomic E-state index is 14.7. The summed E-state index contributed by atoms with van der Waals surface area (Å²) >= 11 is 6.75. The molecular formula is C19H21Cl2F2N5O2S2. The van der Waals surface area contributed by atoms with Crippen LogP contribution in [0, 0.1) is 10.9 Å². The molecule has 0 atom stereocenters. The normalized spacial score (nSPS) is 11.0. The van der Waals surface area contributed by atoms with Crippen LogP contribution in [0.15, 0.2) is 47.5 Å². The maximum atomic E-state index is 14.7. The van der Waals surface area contributed by atoms with Crippen LogP contribution in [0.3, 0.4) is 0 Å². The number of benzene rings is 2. The monoisotopic (exact) mass is 523 g/mol. The molecule has 0 aliphatic carbocycles. The Morgan fingerprint density at radius 2 is 1.91 bits per heavy atom. The number of halogens is 4. The summed E-state index contributed by atoms with van der Waals surface area (Å²) in [6.07, 6.45) is 0.865. The quantitative estimate of drug-likeness (QED) is 0.377. The zero-order chi connectivity index (χ0) is 22.6. The first-order valence-electron chi connectivity index (χ1n) is 9.06. The second-order valence-electron chi connectivity index (χ2n) is 6.50. The first-order chi connectivity index (χ1) is 14.7. The molecule has 32 heavy (non-hydrogen) atoms. The molecule has 1 heterocycles. The van der Waals surface area contributed by atoms with Gasteiger partial charge in [-0.2, -0.15) is 4.39 Å². The average Bonchev–Trinajstić information content (AvgIpc) is 3.12. The zero-order valence-electron chi connectivity index (χ0n) is 17.0. The Hall–Kier alpha value is -2.18. The van der Waals surface area contributed by atoms with Crippen molar-refractivity contribution in [3.05, 3.63) is 58.6 Å². The SMILES string of the molecule is CNCCN(C)c1ccccc1Nc1cc(F)c(S(=O)(=O)Nc2ncc(F)s2)cc1Cl.Cl. The average molecular weight is 524 g/mol. The molecule has 7 nitrogen and oxygen atoms in total.